The van der Waals surface area contributed by atoms with Gasteiger partial charge in [-0.1, -0.05) is 35.5 Å². The van der Waals surface area contributed by atoms with Crippen molar-refractivity contribution in [3.8, 4) is 0 Å². The summed E-state index contributed by atoms with van der Waals surface area (Å²) in [4.78, 5) is 0. The molecule has 7 heteroatoms. The van der Waals surface area contributed by atoms with Gasteiger partial charge in [0.2, 0.25) is 0 Å². The highest BCUT2D eigenvalue weighted by atomic mass is 19.3. The van der Waals surface area contributed by atoms with Crippen LogP contribution in [0.4, 0.5) is 22.0 Å². The van der Waals surface area contributed by atoms with Crippen LogP contribution in [0, 0.1) is 0 Å². The molecule has 0 atom stereocenters. The summed E-state index contributed by atoms with van der Waals surface area (Å²) in [6.07, 6.45) is -5.43. The van der Waals surface area contributed by atoms with Crippen molar-refractivity contribution in [1.29, 1.82) is 0 Å². The summed E-state index contributed by atoms with van der Waals surface area (Å²) in [6, 6.07) is 1.76. The van der Waals surface area contributed by atoms with Gasteiger partial charge in [-0.25, -0.2) is 0 Å². The first kappa shape index (κ1) is 12.9. The molecule has 1 aromatic carbocycles. The Morgan fingerprint density at radius 3 is 2.00 bits per heavy atom. The summed E-state index contributed by atoms with van der Waals surface area (Å²) in [6.45, 7) is -1.05. The van der Waals surface area contributed by atoms with E-state index in [2.05, 4.69) is 0 Å². The molecule has 16 heavy (non-hydrogen) atoms. The summed E-state index contributed by atoms with van der Waals surface area (Å²) >= 11 is 0. The molecule has 0 bridgehead atoms. The lowest BCUT2D eigenvalue weighted by molar-refractivity contribution is -0.407. The molecule has 0 aliphatic rings. The SMILES string of the molecule is OC(F)(F)C(F)(F)N(F)Cc1ccccc1. The van der Waals surface area contributed by atoms with E-state index in [1.807, 2.05) is 0 Å². The Morgan fingerprint density at radius 1 is 1.06 bits per heavy atom. The van der Waals surface area contributed by atoms with Crippen LogP contribution in [0.5, 0.6) is 0 Å². The minimum absolute atomic E-state index is 0.0777. The predicted octanol–water partition coefficient (Wildman–Crippen LogP) is 2.55. The molecule has 0 aliphatic carbocycles. The largest absolute Gasteiger partial charge is 0.434 e. The standard InChI is InChI=1S/C9H8F5NO/c10-8(11,9(12,13)16)15(14)6-7-4-2-1-3-5-7/h1-5,16H,6H2. The summed E-state index contributed by atoms with van der Waals surface area (Å²) in [5.41, 5.74) is 0.0777. The zero-order chi connectivity index (χ0) is 12.4. The van der Waals surface area contributed by atoms with Gasteiger partial charge in [0.25, 0.3) is 0 Å². The van der Waals surface area contributed by atoms with Crippen molar-refractivity contribution >= 4 is 0 Å². The van der Waals surface area contributed by atoms with E-state index in [-0.39, 0.29) is 5.56 Å². The molecule has 0 aromatic heterocycles. The van der Waals surface area contributed by atoms with Gasteiger partial charge in [0.05, 0.1) is 6.54 Å². The lowest BCUT2D eigenvalue weighted by Gasteiger charge is -2.26. The summed E-state index contributed by atoms with van der Waals surface area (Å²) in [5, 5.41) is 6.43. The number of nitrogens with zero attached hydrogens (tertiary/aromatic N) is 1. The monoisotopic (exact) mass is 241 g/mol. The molecule has 0 heterocycles. The second-order valence-corrected chi connectivity index (χ2v) is 3.09. The maximum atomic E-state index is 12.8. The molecule has 0 spiro atoms. The molecule has 90 valence electrons. The molecule has 1 aromatic rings. The van der Waals surface area contributed by atoms with Crippen LogP contribution < -0.4 is 0 Å². The van der Waals surface area contributed by atoms with E-state index in [0.717, 1.165) is 0 Å². The molecule has 0 aliphatic heterocycles. The number of hydrogen-bond acceptors (Lipinski definition) is 2. The first-order valence-corrected chi connectivity index (χ1v) is 4.20. The number of halogens is 5. The Kier molecular flexibility index (Phi) is 3.49. The number of rotatable bonds is 4. The van der Waals surface area contributed by atoms with Crippen LogP contribution in [0.25, 0.3) is 0 Å². The smallest absolute Gasteiger partial charge is 0.330 e. The van der Waals surface area contributed by atoms with Gasteiger partial charge in [-0.15, -0.1) is 4.48 Å². The van der Waals surface area contributed by atoms with E-state index in [9.17, 15) is 22.0 Å². The van der Waals surface area contributed by atoms with Crippen molar-refractivity contribution in [1.82, 2.24) is 5.12 Å². The number of benzene rings is 1. The van der Waals surface area contributed by atoms with E-state index in [1.165, 1.54) is 24.3 Å². The third-order valence-electron chi connectivity index (χ3n) is 1.83. The maximum absolute atomic E-state index is 12.8. The third-order valence-corrected chi connectivity index (χ3v) is 1.83. The molecule has 0 saturated carbocycles. The fourth-order valence-corrected chi connectivity index (χ4v) is 0.989. The molecule has 1 rings (SSSR count). The average molecular weight is 241 g/mol. The van der Waals surface area contributed by atoms with E-state index < -0.39 is 23.8 Å². The number of alkyl halides is 4. The van der Waals surface area contributed by atoms with Crippen molar-refractivity contribution < 1.29 is 27.1 Å². The van der Waals surface area contributed by atoms with Gasteiger partial charge < -0.3 is 5.11 Å². The zero-order valence-electron chi connectivity index (χ0n) is 7.88. The number of aliphatic hydroxyl groups is 1. The Balaban J connectivity index is 2.76. The molecule has 2 nitrogen and oxygen atoms in total. The van der Waals surface area contributed by atoms with Crippen molar-refractivity contribution in [2.45, 2.75) is 18.7 Å². The van der Waals surface area contributed by atoms with Crippen molar-refractivity contribution in [2.24, 2.45) is 0 Å². The molecule has 0 unspecified atom stereocenters. The average Bonchev–Trinajstić information content (AvgIpc) is 2.17. The summed E-state index contributed by atoms with van der Waals surface area (Å²) in [7, 11) is 0. The molecule has 0 radical (unpaired) electrons. The minimum Gasteiger partial charge on any atom is -0.330 e. The quantitative estimate of drug-likeness (QED) is 0.497. The van der Waals surface area contributed by atoms with Gasteiger partial charge in [0, 0.05) is 0 Å². The highest BCUT2D eigenvalue weighted by molar-refractivity contribution is 5.14. The first-order valence-electron chi connectivity index (χ1n) is 4.20. The van der Waals surface area contributed by atoms with Crippen molar-refractivity contribution in [3.63, 3.8) is 0 Å². The topological polar surface area (TPSA) is 23.5 Å². The molecular formula is C9H8F5NO. The van der Waals surface area contributed by atoms with Gasteiger partial charge in [-0.05, 0) is 5.56 Å². The van der Waals surface area contributed by atoms with Crippen LogP contribution in [0.3, 0.4) is 0 Å². The van der Waals surface area contributed by atoms with E-state index in [1.54, 1.807) is 6.07 Å². The second-order valence-electron chi connectivity index (χ2n) is 3.09. The third kappa shape index (κ3) is 2.67. The Hall–Kier alpha value is -1.21. The van der Waals surface area contributed by atoms with Crippen LogP contribution in [0.2, 0.25) is 0 Å². The minimum atomic E-state index is -5.43. The first-order chi connectivity index (χ1) is 7.25. The summed E-state index contributed by atoms with van der Waals surface area (Å²) in [5.74, 6) is 0. The predicted molar refractivity (Wildman–Crippen MR) is 45.2 cm³/mol. The molecule has 1 N–H and O–H groups in total. The Labute approximate surface area is 87.8 Å². The van der Waals surface area contributed by atoms with E-state index in [4.69, 9.17) is 5.11 Å². The molecule has 0 saturated heterocycles. The Morgan fingerprint density at radius 2 is 1.56 bits per heavy atom. The van der Waals surface area contributed by atoms with Crippen LogP contribution in [0.15, 0.2) is 30.3 Å². The molecule has 0 amide bonds. The second kappa shape index (κ2) is 4.34. The Bertz CT molecular complexity index is 338. The van der Waals surface area contributed by atoms with Crippen LogP contribution in [-0.2, 0) is 6.54 Å². The zero-order valence-corrected chi connectivity index (χ0v) is 7.88. The highest BCUT2D eigenvalue weighted by Crippen LogP contribution is 2.36. The van der Waals surface area contributed by atoms with Crippen LogP contribution in [-0.4, -0.2) is 22.4 Å². The van der Waals surface area contributed by atoms with Gasteiger partial charge in [0.15, 0.2) is 0 Å². The lowest BCUT2D eigenvalue weighted by atomic mass is 10.2. The van der Waals surface area contributed by atoms with Crippen molar-refractivity contribution in [2.75, 3.05) is 0 Å². The highest BCUT2D eigenvalue weighted by Gasteiger charge is 2.60. The lowest BCUT2D eigenvalue weighted by Crippen LogP contribution is -2.50. The fraction of sp³-hybridized carbons (Fsp3) is 0.333. The molecule has 0 fully saturated rings. The fourth-order valence-electron chi connectivity index (χ4n) is 0.989. The maximum Gasteiger partial charge on any atom is 0.434 e. The van der Waals surface area contributed by atoms with Crippen LogP contribution in [0.1, 0.15) is 5.56 Å². The normalized spacial score (nSPS) is 13.2. The van der Waals surface area contributed by atoms with E-state index in [0.29, 0.717) is 0 Å². The van der Waals surface area contributed by atoms with Gasteiger partial charge in [-0.3, -0.25) is 0 Å². The van der Waals surface area contributed by atoms with Crippen LogP contribution >= 0.6 is 0 Å². The van der Waals surface area contributed by atoms with Gasteiger partial charge in [0.1, 0.15) is 0 Å². The van der Waals surface area contributed by atoms with Crippen molar-refractivity contribution in [3.05, 3.63) is 35.9 Å². The van der Waals surface area contributed by atoms with E-state index >= 15 is 0 Å². The summed E-state index contributed by atoms with van der Waals surface area (Å²) < 4.78 is 61.9. The number of hydrogen-bond donors (Lipinski definition) is 1. The van der Waals surface area contributed by atoms with Gasteiger partial charge >= 0.3 is 12.2 Å². The van der Waals surface area contributed by atoms with Gasteiger partial charge in [-0.2, -0.15) is 17.6 Å². The molecular weight excluding hydrogens is 233 g/mol.